The summed E-state index contributed by atoms with van der Waals surface area (Å²) in [7, 11) is 1.46. The highest BCUT2D eigenvalue weighted by Crippen LogP contribution is 2.47. The summed E-state index contributed by atoms with van der Waals surface area (Å²) in [5, 5.41) is 0. The number of esters is 1. The maximum Gasteiger partial charge on any atom is 0.306 e. The van der Waals surface area contributed by atoms with Crippen LogP contribution >= 0.6 is 0 Å². The van der Waals surface area contributed by atoms with Crippen LogP contribution in [0.15, 0.2) is 0 Å². The van der Waals surface area contributed by atoms with E-state index in [1.165, 1.54) is 26.4 Å². The van der Waals surface area contributed by atoms with Crippen molar-refractivity contribution in [3.63, 3.8) is 0 Å². The lowest BCUT2D eigenvalue weighted by Crippen LogP contribution is -2.39. The Morgan fingerprint density at radius 1 is 1.39 bits per heavy atom. The quantitative estimate of drug-likeness (QED) is 0.768. The number of methoxy groups -OCH3 is 1. The van der Waals surface area contributed by atoms with Gasteiger partial charge in [0.15, 0.2) is 0 Å². The zero-order chi connectivity index (χ0) is 13.8. The lowest BCUT2D eigenvalue weighted by Gasteiger charge is -2.44. The average molecular weight is 255 g/mol. The highest BCUT2D eigenvalue weighted by atomic mass is 16.5. The average Bonchev–Trinajstić information content (AvgIpc) is 2.39. The molecule has 0 atom stereocenters. The monoisotopic (exact) mass is 255 g/mol. The fraction of sp³-hybridized carbons (Fsp3) is 0.933. The standard InChI is InChI=1S/C15H29NO2/c1-5-14(2,3)12-6-8-15(11-16,9-7-12)10-13(17)18-4/h12H,5-11,16H2,1-4H3. The van der Waals surface area contributed by atoms with E-state index in [2.05, 4.69) is 20.8 Å². The molecule has 0 aromatic carbocycles. The van der Waals surface area contributed by atoms with E-state index in [4.69, 9.17) is 10.5 Å². The summed E-state index contributed by atoms with van der Waals surface area (Å²) < 4.78 is 4.80. The topological polar surface area (TPSA) is 52.3 Å². The van der Waals surface area contributed by atoms with E-state index in [1.807, 2.05) is 0 Å². The summed E-state index contributed by atoms with van der Waals surface area (Å²) in [5.74, 6) is 0.647. The smallest absolute Gasteiger partial charge is 0.306 e. The number of rotatable bonds is 5. The summed E-state index contributed by atoms with van der Waals surface area (Å²) in [6.07, 6.45) is 6.20. The Balaban J connectivity index is 2.62. The molecule has 1 aliphatic rings. The molecule has 0 unspecified atom stereocenters. The molecule has 3 nitrogen and oxygen atoms in total. The van der Waals surface area contributed by atoms with Crippen molar-refractivity contribution in [1.82, 2.24) is 0 Å². The van der Waals surface area contributed by atoms with Crippen LogP contribution in [0.4, 0.5) is 0 Å². The van der Waals surface area contributed by atoms with Crippen molar-refractivity contribution in [3.8, 4) is 0 Å². The lowest BCUT2D eigenvalue weighted by molar-refractivity contribution is -0.144. The molecule has 1 aliphatic carbocycles. The number of hydrogen-bond donors (Lipinski definition) is 1. The molecule has 1 rings (SSSR count). The Kier molecular flexibility index (Phi) is 5.20. The molecule has 3 heteroatoms. The van der Waals surface area contributed by atoms with Crippen LogP contribution in [0.25, 0.3) is 0 Å². The van der Waals surface area contributed by atoms with Gasteiger partial charge in [-0.1, -0.05) is 27.2 Å². The summed E-state index contributed by atoms with van der Waals surface area (Å²) in [5.41, 5.74) is 6.32. The van der Waals surface area contributed by atoms with Crippen LogP contribution in [-0.4, -0.2) is 19.6 Å². The number of carbonyl (C=O) groups excluding carboxylic acids is 1. The molecule has 1 fully saturated rings. The van der Waals surface area contributed by atoms with Crippen molar-refractivity contribution in [2.24, 2.45) is 22.5 Å². The Morgan fingerprint density at radius 2 is 1.94 bits per heavy atom. The summed E-state index contributed by atoms with van der Waals surface area (Å²) in [4.78, 5) is 11.5. The number of ether oxygens (including phenoxy) is 1. The van der Waals surface area contributed by atoms with Gasteiger partial charge in [-0.2, -0.15) is 0 Å². The van der Waals surface area contributed by atoms with Crippen LogP contribution in [0, 0.1) is 16.7 Å². The molecule has 0 saturated heterocycles. The number of hydrogen-bond acceptors (Lipinski definition) is 3. The van der Waals surface area contributed by atoms with Gasteiger partial charge in [-0.15, -0.1) is 0 Å². The van der Waals surface area contributed by atoms with Gasteiger partial charge < -0.3 is 10.5 Å². The van der Waals surface area contributed by atoms with Crippen LogP contribution in [-0.2, 0) is 9.53 Å². The van der Waals surface area contributed by atoms with Crippen LogP contribution in [0.2, 0.25) is 0 Å². The van der Waals surface area contributed by atoms with Crippen molar-refractivity contribution >= 4 is 5.97 Å². The summed E-state index contributed by atoms with van der Waals surface area (Å²) in [6.45, 7) is 7.57. The largest absolute Gasteiger partial charge is 0.469 e. The SMILES string of the molecule is CCC(C)(C)C1CCC(CN)(CC(=O)OC)CC1. The van der Waals surface area contributed by atoms with Gasteiger partial charge in [0.05, 0.1) is 13.5 Å². The second kappa shape index (κ2) is 6.05. The zero-order valence-corrected chi connectivity index (χ0v) is 12.4. The van der Waals surface area contributed by atoms with Gasteiger partial charge in [-0.25, -0.2) is 0 Å². The summed E-state index contributed by atoms with van der Waals surface area (Å²) in [6, 6.07) is 0. The van der Waals surface area contributed by atoms with Crippen molar-refractivity contribution in [2.45, 2.75) is 59.3 Å². The number of carbonyl (C=O) groups is 1. The third-order valence-corrected chi connectivity index (χ3v) is 5.24. The molecule has 106 valence electrons. The molecule has 1 saturated carbocycles. The van der Waals surface area contributed by atoms with Gasteiger partial charge in [0.1, 0.15) is 0 Å². The maximum absolute atomic E-state index is 11.5. The Labute approximate surface area is 111 Å². The molecule has 2 N–H and O–H groups in total. The molecule has 18 heavy (non-hydrogen) atoms. The van der Waals surface area contributed by atoms with Crippen molar-refractivity contribution in [2.75, 3.05) is 13.7 Å². The zero-order valence-electron chi connectivity index (χ0n) is 12.4. The predicted octanol–water partition coefficient (Wildman–Crippen LogP) is 3.12. The second-order valence-corrected chi connectivity index (χ2v) is 6.57. The predicted molar refractivity (Wildman–Crippen MR) is 74.2 cm³/mol. The molecule has 0 aliphatic heterocycles. The normalized spacial score (nSPS) is 29.1. The fourth-order valence-electron chi connectivity index (χ4n) is 3.13. The van der Waals surface area contributed by atoms with Crippen LogP contribution < -0.4 is 5.73 Å². The van der Waals surface area contributed by atoms with E-state index >= 15 is 0 Å². The molecule has 0 bridgehead atoms. The Bertz CT molecular complexity index is 278. The Hall–Kier alpha value is -0.570. The maximum atomic E-state index is 11.5. The van der Waals surface area contributed by atoms with E-state index in [9.17, 15) is 4.79 Å². The van der Waals surface area contributed by atoms with E-state index in [0.29, 0.717) is 18.4 Å². The van der Waals surface area contributed by atoms with E-state index in [1.54, 1.807) is 0 Å². The molecular formula is C15H29NO2. The third-order valence-electron chi connectivity index (χ3n) is 5.24. The van der Waals surface area contributed by atoms with E-state index < -0.39 is 0 Å². The van der Waals surface area contributed by atoms with Gasteiger partial charge >= 0.3 is 5.97 Å². The van der Waals surface area contributed by atoms with Crippen molar-refractivity contribution in [3.05, 3.63) is 0 Å². The minimum Gasteiger partial charge on any atom is -0.469 e. The first-order valence-electron chi connectivity index (χ1n) is 7.16. The van der Waals surface area contributed by atoms with Crippen molar-refractivity contribution < 1.29 is 9.53 Å². The molecule has 0 heterocycles. The lowest BCUT2D eigenvalue weighted by atomic mass is 9.62. The molecule has 0 spiro atoms. The van der Waals surface area contributed by atoms with Gasteiger partial charge in [-0.05, 0) is 49.0 Å². The number of nitrogens with two attached hydrogens (primary N) is 1. The van der Waals surface area contributed by atoms with Crippen LogP contribution in [0.3, 0.4) is 0 Å². The van der Waals surface area contributed by atoms with Gasteiger partial charge in [0, 0.05) is 0 Å². The molecule has 0 aromatic heterocycles. The van der Waals surface area contributed by atoms with Crippen LogP contribution in [0.5, 0.6) is 0 Å². The first-order valence-corrected chi connectivity index (χ1v) is 7.16. The van der Waals surface area contributed by atoms with Gasteiger partial charge in [0.25, 0.3) is 0 Å². The summed E-state index contributed by atoms with van der Waals surface area (Å²) >= 11 is 0. The van der Waals surface area contributed by atoms with E-state index in [0.717, 1.165) is 18.8 Å². The Morgan fingerprint density at radius 3 is 2.33 bits per heavy atom. The van der Waals surface area contributed by atoms with Crippen LogP contribution in [0.1, 0.15) is 59.3 Å². The van der Waals surface area contributed by atoms with E-state index in [-0.39, 0.29) is 11.4 Å². The highest BCUT2D eigenvalue weighted by molar-refractivity contribution is 5.70. The molecule has 0 amide bonds. The minimum absolute atomic E-state index is 0.00653. The fourth-order valence-corrected chi connectivity index (χ4v) is 3.13. The third kappa shape index (κ3) is 3.47. The highest BCUT2D eigenvalue weighted by Gasteiger charge is 2.40. The second-order valence-electron chi connectivity index (χ2n) is 6.57. The molecular weight excluding hydrogens is 226 g/mol. The minimum atomic E-state index is -0.117. The first-order chi connectivity index (χ1) is 8.39. The van der Waals surface area contributed by atoms with Crippen molar-refractivity contribution in [1.29, 1.82) is 0 Å². The van der Waals surface area contributed by atoms with Gasteiger partial charge in [0.2, 0.25) is 0 Å². The van der Waals surface area contributed by atoms with Gasteiger partial charge in [-0.3, -0.25) is 4.79 Å². The molecule has 0 radical (unpaired) electrons. The molecule has 0 aromatic rings. The first kappa shape index (κ1) is 15.5.